The summed E-state index contributed by atoms with van der Waals surface area (Å²) >= 11 is 0. The van der Waals surface area contributed by atoms with E-state index < -0.39 is 12.4 Å². The van der Waals surface area contributed by atoms with Gasteiger partial charge in [0.25, 0.3) is 5.91 Å². The van der Waals surface area contributed by atoms with Gasteiger partial charge in [0.2, 0.25) is 5.91 Å². The van der Waals surface area contributed by atoms with E-state index >= 15 is 0 Å². The number of hydrogen-bond donors (Lipinski definition) is 1. The van der Waals surface area contributed by atoms with Crippen molar-refractivity contribution in [3.05, 3.63) is 84.2 Å². The lowest BCUT2D eigenvalue weighted by atomic mass is 9.95. The van der Waals surface area contributed by atoms with Crippen LogP contribution in [0.1, 0.15) is 29.7 Å². The summed E-state index contributed by atoms with van der Waals surface area (Å²) in [5.41, 5.74) is 2.31. The highest BCUT2D eigenvalue weighted by Gasteiger charge is 2.28. The van der Waals surface area contributed by atoms with Gasteiger partial charge in [0, 0.05) is 35.8 Å². The third-order valence-electron chi connectivity index (χ3n) is 6.45. The Bertz CT molecular complexity index is 1390. The predicted octanol–water partition coefficient (Wildman–Crippen LogP) is 5.73. The molecule has 0 atom stereocenters. The van der Waals surface area contributed by atoms with Gasteiger partial charge in [-0.1, -0.05) is 12.1 Å². The third-order valence-corrected chi connectivity index (χ3v) is 6.45. The summed E-state index contributed by atoms with van der Waals surface area (Å²) in [6, 6.07) is 18.8. The highest BCUT2D eigenvalue weighted by atomic mass is 19.3. The van der Waals surface area contributed by atoms with Crippen LogP contribution < -0.4 is 5.32 Å². The lowest BCUT2D eigenvalue weighted by Crippen LogP contribution is -2.41. The molecular weight excluding hydrogens is 469 g/mol. The Balaban J connectivity index is 1.22. The average Bonchev–Trinajstić information content (AvgIpc) is 3.29. The van der Waals surface area contributed by atoms with Crippen molar-refractivity contribution in [3.63, 3.8) is 0 Å². The fourth-order valence-corrected chi connectivity index (χ4v) is 4.51. The van der Waals surface area contributed by atoms with Crippen LogP contribution in [0, 0.1) is 11.7 Å². The van der Waals surface area contributed by atoms with Gasteiger partial charge in [0.05, 0.1) is 11.0 Å². The van der Waals surface area contributed by atoms with Crippen molar-refractivity contribution < 1.29 is 22.8 Å². The standard InChI is InChI=1S/C27H23F3N4O2/c28-20-9-5-19(6-10-20)26(36)33-15-13-18(14-16-33)25(35)31-21-11-7-17(8-12-21)24-32-22-3-1-2-4-23(22)34(24)27(29)30/h1-12,18,27H,13-16H2,(H,31,35). The number of rotatable bonds is 5. The number of benzene rings is 3. The summed E-state index contributed by atoms with van der Waals surface area (Å²) in [7, 11) is 0. The molecule has 0 radical (unpaired) electrons. The topological polar surface area (TPSA) is 67.2 Å². The number of para-hydroxylation sites is 2. The second-order valence-corrected chi connectivity index (χ2v) is 8.71. The van der Waals surface area contributed by atoms with Crippen molar-refractivity contribution in [2.24, 2.45) is 5.92 Å². The fourth-order valence-electron chi connectivity index (χ4n) is 4.51. The van der Waals surface area contributed by atoms with Crippen molar-refractivity contribution >= 4 is 28.5 Å². The van der Waals surface area contributed by atoms with Crippen LogP contribution >= 0.6 is 0 Å². The number of imidazole rings is 1. The van der Waals surface area contributed by atoms with Gasteiger partial charge in [0.1, 0.15) is 11.6 Å². The number of carbonyl (C=O) groups excluding carboxylic acids is 2. The van der Waals surface area contributed by atoms with Crippen molar-refractivity contribution in [1.82, 2.24) is 14.5 Å². The number of piperidine rings is 1. The number of nitrogens with zero attached hydrogens (tertiary/aromatic N) is 3. The lowest BCUT2D eigenvalue weighted by molar-refractivity contribution is -0.121. The Labute approximate surface area is 205 Å². The molecule has 1 aromatic heterocycles. The monoisotopic (exact) mass is 492 g/mol. The van der Waals surface area contributed by atoms with Crippen LogP contribution in [0.5, 0.6) is 0 Å². The summed E-state index contributed by atoms with van der Waals surface area (Å²) in [5.74, 6) is -0.842. The molecule has 36 heavy (non-hydrogen) atoms. The van der Waals surface area contributed by atoms with Crippen molar-refractivity contribution in [3.8, 4) is 11.4 Å². The Morgan fingerprint density at radius 2 is 1.58 bits per heavy atom. The molecule has 0 unspecified atom stereocenters. The number of carbonyl (C=O) groups is 2. The molecule has 0 bridgehead atoms. The van der Waals surface area contributed by atoms with Crippen LogP contribution in [0.3, 0.4) is 0 Å². The first-order valence-corrected chi connectivity index (χ1v) is 11.6. The van der Waals surface area contributed by atoms with E-state index in [-0.39, 0.29) is 23.6 Å². The first-order valence-electron chi connectivity index (χ1n) is 11.6. The second kappa shape index (κ2) is 9.85. The highest BCUT2D eigenvalue weighted by molar-refractivity contribution is 5.95. The molecule has 1 aliphatic heterocycles. The summed E-state index contributed by atoms with van der Waals surface area (Å²) in [5, 5.41) is 2.88. The van der Waals surface area contributed by atoms with E-state index in [2.05, 4.69) is 10.3 Å². The molecule has 5 rings (SSSR count). The third kappa shape index (κ3) is 4.68. The van der Waals surface area contributed by atoms with Crippen LogP contribution in [-0.4, -0.2) is 39.4 Å². The summed E-state index contributed by atoms with van der Waals surface area (Å²) in [6.45, 7) is -1.89. The van der Waals surface area contributed by atoms with Gasteiger partial charge >= 0.3 is 6.55 Å². The maximum atomic E-state index is 13.7. The number of nitrogens with one attached hydrogen (secondary N) is 1. The van der Waals surface area contributed by atoms with Crippen LogP contribution in [0.4, 0.5) is 18.9 Å². The van der Waals surface area contributed by atoms with Gasteiger partial charge in [-0.05, 0) is 73.5 Å². The molecule has 9 heteroatoms. The fraction of sp³-hybridized carbons (Fsp3) is 0.222. The van der Waals surface area contributed by atoms with Crippen LogP contribution in [0.25, 0.3) is 22.4 Å². The minimum Gasteiger partial charge on any atom is -0.339 e. The van der Waals surface area contributed by atoms with E-state index in [1.165, 1.54) is 24.3 Å². The molecule has 2 heterocycles. The van der Waals surface area contributed by atoms with Crippen molar-refractivity contribution in [2.45, 2.75) is 19.4 Å². The second-order valence-electron chi connectivity index (χ2n) is 8.71. The highest BCUT2D eigenvalue weighted by Crippen LogP contribution is 2.30. The van der Waals surface area contributed by atoms with Crippen LogP contribution in [0.15, 0.2) is 72.8 Å². The Kier molecular flexibility index (Phi) is 6.45. The normalized spacial score (nSPS) is 14.4. The molecule has 1 saturated heterocycles. The Morgan fingerprint density at radius 1 is 0.917 bits per heavy atom. The molecule has 184 valence electrons. The first kappa shape index (κ1) is 23.6. The van der Waals surface area contributed by atoms with E-state index in [1.807, 2.05) is 0 Å². The Morgan fingerprint density at radius 3 is 2.25 bits per heavy atom. The largest absolute Gasteiger partial charge is 0.339 e. The zero-order chi connectivity index (χ0) is 25.2. The summed E-state index contributed by atoms with van der Waals surface area (Å²) < 4.78 is 41.5. The molecule has 0 aliphatic carbocycles. The minimum atomic E-state index is -2.74. The summed E-state index contributed by atoms with van der Waals surface area (Å²) in [6.07, 6.45) is 1.02. The molecule has 0 spiro atoms. The molecule has 1 fully saturated rings. The van der Waals surface area contributed by atoms with Crippen molar-refractivity contribution in [2.75, 3.05) is 18.4 Å². The molecule has 0 saturated carbocycles. The van der Waals surface area contributed by atoms with Gasteiger partial charge in [-0.3, -0.25) is 14.2 Å². The van der Waals surface area contributed by atoms with Gasteiger partial charge < -0.3 is 10.2 Å². The molecule has 4 aromatic rings. The number of anilines is 1. The molecule has 1 N–H and O–H groups in total. The number of hydrogen-bond acceptors (Lipinski definition) is 3. The predicted molar refractivity (Wildman–Crippen MR) is 130 cm³/mol. The molecule has 3 aromatic carbocycles. The average molecular weight is 493 g/mol. The maximum absolute atomic E-state index is 13.7. The minimum absolute atomic E-state index is 0.155. The van der Waals surface area contributed by atoms with Crippen molar-refractivity contribution in [1.29, 1.82) is 0 Å². The van der Waals surface area contributed by atoms with Crippen LogP contribution in [-0.2, 0) is 4.79 Å². The smallest absolute Gasteiger partial charge is 0.320 e. The number of halogens is 3. The SMILES string of the molecule is O=C(Nc1ccc(-c2nc3ccccc3n2C(F)F)cc1)C1CCN(C(=O)c2ccc(F)cc2)CC1. The molecule has 2 amide bonds. The van der Waals surface area contributed by atoms with E-state index in [0.29, 0.717) is 53.8 Å². The maximum Gasteiger partial charge on any atom is 0.320 e. The van der Waals surface area contributed by atoms with Gasteiger partial charge in [-0.15, -0.1) is 0 Å². The number of alkyl halides is 2. The molecule has 1 aliphatic rings. The van der Waals surface area contributed by atoms with E-state index in [0.717, 1.165) is 4.57 Å². The van der Waals surface area contributed by atoms with Gasteiger partial charge in [-0.25, -0.2) is 9.37 Å². The van der Waals surface area contributed by atoms with Crippen LogP contribution in [0.2, 0.25) is 0 Å². The number of aromatic nitrogens is 2. The quantitative estimate of drug-likeness (QED) is 0.387. The van der Waals surface area contributed by atoms with Gasteiger partial charge in [0.15, 0.2) is 0 Å². The van der Waals surface area contributed by atoms with E-state index in [9.17, 15) is 22.8 Å². The number of amides is 2. The number of fused-ring (bicyclic) bond motifs is 1. The zero-order valence-electron chi connectivity index (χ0n) is 19.2. The lowest BCUT2D eigenvalue weighted by Gasteiger charge is -2.31. The Hall–Kier alpha value is -4.14. The zero-order valence-corrected chi connectivity index (χ0v) is 19.2. The van der Waals surface area contributed by atoms with Gasteiger partial charge in [-0.2, -0.15) is 8.78 Å². The number of likely N-dealkylation sites (tertiary alicyclic amines) is 1. The first-order chi connectivity index (χ1) is 17.4. The van der Waals surface area contributed by atoms with E-state index in [4.69, 9.17) is 0 Å². The molecule has 6 nitrogen and oxygen atoms in total. The van der Waals surface area contributed by atoms with E-state index in [1.54, 1.807) is 53.4 Å². The summed E-state index contributed by atoms with van der Waals surface area (Å²) in [4.78, 5) is 31.4. The molecular formula is C27H23F3N4O2.